The highest BCUT2D eigenvalue weighted by molar-refractivity contribution is 5.91. The van der Waals surface area contributed by atoms with Crippen LogP contribution >= 0.6 is 0 Å². The van der Waals surface area contributed by atoms with E-state index in [2.05, 4.69) is 15.2 Å². The molecule has 0 fully saturated rings. The molecule has 4 aromatic rings. The molecule has 0 aliphatic carbocycles. The summed E-state index contributed by atoms with van der Waals surface area (Å²) >= 11 is 0. The molecule has 3 aromatic heterocycles. The molecule has 1 aromatic carbocycles. The van der Waals surface area contributed by atoms with Crippen molar-refractivity contribution < 1.29 is 28.1 Å². The van der Waals surface area contributed by atoms with E-state index in [-0.39, 0.29) is 19.1 Å². The lowest BCUT2D eigenvalue weighted by Crippen LogP contribution is -2.38. The van der Waals surface area contributed by atoms with Crippen molar-refractivity contribution in [2.75, 3.05) is 25.2 Å². The first-order valence-corrected chi connectivity index (χ1v) is 12.2. The lowest BCUT2D eigenvalue weighted by molar-refractivity contribution is 0.0574. The second kappa shape index (κ2) is 8.86. The van der Waals surface area contributed by atoms with Crippen molar-refractivity contribution in [1.82, 2.24) is 19.6 Å². The van der Waals surface area contributed by atoms with Crippen LogP contribution in [0.25, 0.3) is 16.9 Å². The van der Waals surface area contributed by atoms with Crippen LogP contribution in [0.5, 0.6) is 17.4 Å². The number of fused-ring (bicyclic) bond motifs is 3. The maximum absolute atomic E-state index is 15.3. The SMILES string of the molecule is COc1cccc(-c2cc3c(n4cnnc24)N(C(=O)OC(C)(C)C)Cc2c(F)ccc4c2C(CO4)CO3)n1. The molecule has 196 valence electrons. The van der Waals surface area contributed by atoms with Gasteiger partial charge >= 0.3 is 6.09 Å². The van der Waals surface area contributed by atoms with Crippen LogP contribution in [0.15, 0.2) is 42.7 Å². The number of hydrogen-bond donors (Lipinski definition) is 0. The van der Waals surface area contributed by atoms with Crippen molar-refractivity contribution in [2.45, 2.75) is 38.8 Å². The lowest BCUT2D eigenvalue weighted by atomic mass is 9.95. The van der Waals surface area contributed by atoms with E-state index < -0.39 is 17.5 Å². The number of ether oxygens (including phenoxy) is 4. The van der Waals surface area contributed by atoms with Crippen LogP contribution in [0, 0.1) is 5.82 Å². The maximum Gasteiger partial charge on any atom is 0.416 e. The molecule has 0 N–H and O–H groups in total. The molecule has 1 unspecified atom stereocenters. The van der Waals surface area contributed by atoms with E-state index in [9.17, 15) is 4.79 Å². The third-order valence-corrected chi connectivity index (χ3v) is 6.46. The second-order valence-electron chi connectivity index (χ2n) is 10.2. The summed E-state index contributed by atoms with van der Waals surface area (Å²) in [6.07, 6.45) is 0.815. The maximum atomic E-state index is 15.3. The number of pyridine rings is 2. The highest BCUT2D eigenvalue weighted by Crippen LogP contribution is 2.44. The van der Waals surface area contributed by atoms with Crippen molar-refractivity contribution in [3.05, 3.63) is 59.7 Å². The van der Waals surface area contributed by atoms with Crippen molar-refractivity contribution in [3.8, 4) is 28.6 Å². The van der Waals surface area contributed by atoms with Gasteiger partial charge in [-0.1, -0.05) is 6.07 Å². The fourth-order valence-electron chi connectivity index (χ4n) is 4.84. The average Bonchev–Trinajstić information content (AvgIpc) is 3.53. The summed E-state index contributed by atoms with van der Waals surface area (Å²) in [5.41, 5.74) is 1.89. The number of hydrogen-bond acceptors (Lipinski definition) is 8. The molecule has 0 bridgehead atoms. The van der Waals surface area contributed by atoms with Gasteiger partial charge in [-0.2, -0.15) is 0 Å². The molecular weight excluding hydrogens is 493 g/mol. The standard InChI is InChI=1S/C27H26FN5O5/c1-27(2,3)38-26(34)32-11-17-18(28)8-9-20-23(17)15(12-36-20)13-37-21-10-16(19-6-5-7-22(30-19)35-4)24-31-29-14-33(24)25(21)32/h5-10,14-15H,11-13H2,1-4H3. The highest BCUT2D eigenvalue weighted by Gasteiger charge is 2.37. The van der Waals surface area contributed by atoms with E-state index in [0.29, 0.717) is 57.8 Å². The van der Waals surface area contributed by atoms with Gasteiger partial charge in [0.05, 0.1) is 38.5 Å². The van der Waals surface area contributed by atoms with Gasteiger partial charge in [-0.3, -0.25) is 9.30 Å². The number of carbonyl (C=O) groups excluding carboxylic acids is 1. The Bertz CT molecular complexity index is 1560. The Kier molecular flexibility index (Phi) is 5.59. The van der Waals surface area contributed by atoms with Crippen LogP contribution in [-0.2, 0) is 11.3 Å². The van der Waals surface area contributed by atoms with Gasteiger partial charge in [0.25, 0.3) is 0 Å². The Balaban J connectivity index is 1.59. The van der Waals surface area contributed by atoms with Crippen molar-refractivity contribution in [3.63, 3.8) is 0 Å². The van der Waals surface area contributed by atoms with E-state index in [1.165, 1.54) is 17.3 Å². The fourth-order valence-corrected chi connectivity index (χ4v) is 4.84. The van der Waals surface area contributed by atoms with Crippen LogP contribution < -0.4 is 19.1 Å². The van der Waals surface area contributed by atoms with E-state index in [0.717, 1.165) is 0 Å². The minimum Gasteiger partial charge on any atom is -0.493 e. The van der Waals surface area contributed by atoms with Gasteiger partial charge < -0.3 is 18.9 Å². The molecule has 1 atom stereocenters. The summed E-state index contributed by atoms with van der Waals surface area (Å²) in [4.78, 5) is 19.6. The first kappa shape index (κ1) is 24.0. The summed E-state index contributed by atoms with van der Waals surface area (Å²) < 4.78 is 40.2. The van der Waals surface area contributed by atoms with E-state index in [1.54, 1.807) is 50.5 Å². The molecule has 6 rings (SSSR count). The van der Waals surface area contributed by atoms with E-state index >= 15 is 4.39 Å². The van der Waals surface area contributed by atoms with Gasteiger partial charge in [0.15, 0.2) is 17.2 Å². The Hall–Kier alpha value is -4.41. The number of aromatic nitrogens is 4. The molecular formula is C27H26FN5O5. The summed E-state index contributed by atoms with van der Waals surface area (Å²) in [5.74, 6) is 1.04. The van der Waals surface area contributed by atoms with Crippen molar-refractivity contribution in [1.29, 1.82) is 0 Å². The molecule has 0 radical (unpaired) electrons. The summed E-state index contributed by atoms with van der Waals surface area (Å²) in [6, 6.07) is 10.1. The van der Waals surface area contributed by atoms with Crippen LogP contribution in [-0.4, -0.2) is 51.6 Å². The largest absolute Gasteiger partial charge is 0.493 e. The number of amides is 1. The van der Waals surface area contributed by atoms with Crippen LogP contribution in [0.1, 0.15) is 37.8 Å². The number of carbonyl (C=O) groups is 1. The van der Waals surface area contributed by atoms with E-state index in [1.807, 2.05) is 12.1 Å². The number of rotatable bonds is 2. The molecule has 10 nitrogen and oxygen atoms in total. The van der Waals surface area contributed by atoms with Gasteiger partial charge in [-0.25, -0.2) is 14.2 Å². The quantitative estimate of drug-likeness (QED) is 0.374. The lowest BCUT2D eigenvalue weighted by Gasteiger charge is -2.29. The van der Waals surface area contributed by atoms with Crippen LogP contribution in [0.4, 0.5) is 15.0 Å². The molecule has 0 spiro atoms. The monoisotopic (exact) mass is 519 g/mol. The molecule has 38 heavy (non-hydrogen) atoms. The Morgan fingerprint density at radius 3 is 2.68 bits per heavy atom. The predicted octanol–water partition coefficient (Wildman–Crippen LogP) is 4.75. The molecule has 2 aliphatic heterocycles. The Morgan fingerprint density at radius 1 is 1.13 bits per heavy atom. The zero-order chi connectivity index (χ0) is 26.6. The first-order chi connectivity index (χ1) is 18.2. The third kappa shape index (κ3) is 4.04. The number of halogens is 1. The predicted molar refractivity (Wildman–Crippen MR) is 135 cm³/mol. The normalized spacial score (nSPS) is 16.4. The van der Waals surface area contributed by atoms with Crippen molar-refractivity contribution in [2.24, 2.45) is 0 Å². The smallest absolute Gasteiger partial charge is 0.416 e. The molecule has 2 aliphatic rings. The molecule has 0 saturated carbocycles. The summed E-state index contributed by atoms with van der Waals surface area (Å²) in [5, 5.41) is 8.42. The molecule has 1 amide bonds. The minimum atomic E-state index is -0.796. The van der Waals surface area contributed by atoms with Crippen LogP contribution in [0.3, 0.4) is 0 Å². The van der Waals surface area contributed by atoms with Gasteiger partial charge in [0.1, 0.15) is 23.5 Å². The van der Waals surface area contributed by atoms with Gasteiger partial charge in [-0.15, -0.1) is 10.2 Å². The number of benzene rings is 1. The summed E-state index contributed by atoms with van der Waals surface area (Å²) in [7, 11) is 1.54. The van der Waals surface area contributed by atoms with E-state index in [4.69, 9.17) is 18.9 Å². The molecule has 0 saturated heterocycles. The zero-order valence-corrected chi connectivity index (χ0v) is 21.4. The molecule has 5 heterocycles. The highest BCUT2D eigenvalue weighted by atomic mass is 19.1. The number of nitrogens with zero attached hydrogens (tertiary/aromatic N) is 5. The number of anilines is 1. The average molecular weight is 520 g/mol. The van der Waals surface area contributed by atoms with Gasteiger partial charge in [0, 0.05) is 22.8 Å². The minimum absolute atomic E-state index is 0.107. The topological polar surface area (TPSA) is 100 Å². The third-order valence-electron chi connectivity index (χ3n) is 6.46. The summed E-state index contributed by atoms with van der Waals surface area (Å²) in [6.45, 7) is 5.76. The number of methoxy groups -OCH3 is 1. The van der Waals surface area contributed by atoms with Gasteiger partial charge in [-0.05, 0) is 45.0 Å². The Morgan fingerprint density at radius 2 is 1.92 bits per heavy atom. The molecule has 11 heteroatoms. The first-order valence-electron chi connectivity index (χ1n) is 12.2. The second-order valence-corrected chi connectivity index (χ2v) is 10.2. The fraction of sp³-hybridized carbons (Fsp3) is 0.333. The van der Waals surface area contributed by atoms with Crippen LogP contribution in [0.2, 0.25) is 0 Å². The zero-order valence-electron chi connectivity index (χ0n) is 21.4. The Labute approximate surface area is 217 Å². The van der Waals surface area contributed by atoms with Gasteiger partial charge in [0.2, 0.25) is 5.88 Å². The van der Waals surface area contributed by atoms with Crippen molar-refractivity contribution >= 4 is 17.6 Å².